The van der Waals surface area contributed by atoms with Gasteiger partial charge in [-0.05, 0) is 19.1 Å². The van der Waals surface area contributed by atoms with Gasteiger partial charge in [0.1, 0.15) is 11.6 Å². The second-order valence-electron chi connectivity index (χ2n) is 4.33. The molecule has 21 heavy (non-hydrogen) atoms. The second-order valence-corrected chi connectivity index (χ2v) is 4.33. The number of rotatable bonds is 5. The van der Waals surface area contributed by atoms with Gasteiger partial charge in [0.25, 0.3) is 0 Å². The van der Waals surface area contributed by atoms with E-state index in [1.807, 2.05) is 18.4 Å². The first-order valence-electron chi connectivity index (χ1n) is 6.86. The summed E-state index contributed by atoms with van der Waals surface area (Å²) in [5, 5.41) is 13.3. The number of anilines is 1. The highest BCUT2D eigenvalue weighted by molar-refractivity contribution is 5.89. The average molecular weight is 289 g/mol. The number of hydrogen-bond donors (Lipinski definition) is 2. The summed E-state index contributed by atoms with van der Waals surface area (Å²) in [4.78, 5) is 11.3. The van der Waals surface area contributed by atoms with E-state index in [1.165, 1.54) is 0 Å². The third kappa shape index (κ3) is 3.50. The molecule has 2 N–H and O–H groups in total. The van der Waals surface area contributed by atoms with Crippen LogP contribution in [0.5, 0.6) is 11.8 Å². The highest BCUT2D eigenvalue weighted by Gasteiger charge is 2.11. The first kappa shape index (κ1) is 14.8. The molecule has 0 atom stereocenters. The van der Waals surface area contributed by atoms with Crippen molar-refractivity contribution in [2.45, 2.75) is 26.8 Å². The minimum Gasteiger partial charge on any atom is -0.424 e. The number of aryl methyl sites for hydroxylation is 1. The van der Waals surface area contributed by atoms with Gasteiger partial charge in [-0.1, -0.05) is 18.1 Å². The summed E-state index contributed by atoms with van der Waals surface area (Å²) in [6, 6.07) is 7.28. The number of nitrogens with zero attached hydrogens (tertiary/aromatic N) is 3. The van der Waals surface area contributed by atoms with Gasteiger partial charge in [0.15, 0.2) is 0 Å². The van der Waals surface area contributed by atoms with E-state index in [-0.39, 0.29) is 6.03 Å². The summed E-state index contributed by atoms with van der Waals surface area (Å²) >= 11 is 0. The van der Waals surface area contributed by atoms with Crippen LogP contribution < -0.4 is 15.4 Å². The maximum atomic E-state index is 11.3. The maximum Gasteiger partial charge on any atom is 0.322 e. The lowest BCUT2D eigenvalue weighted by Gasteiger charge is -2.09. The van der Waals surface area contributed by atoms with Gasteiger partial charge in [-0.3, -0.25) is 4.57 Å². The molecular weight excluding hydrogens is 270 g/mol. The fourth-order valence-electron chi connectivity index (χ4n) is 1.91. The van der Waals surface area contributed by atoms with Crippen LogP contribution in [-0.4, -0.2) is 27.8 Å². The Balaban J connectivity index is 2.18. The number of benzene rings is 1. The van der Waals surface area contributed by atoms with E-state index in [0.29, 0.717) is 17.4 Å². The molecule has 0 unspecified atom stereocenters. The molecule has 1 aromatic heterocycles. The molecule has 0 saturated carbocycles. The molecule has 0 fully saturated rings. The molecule has 1 heterocycles. The summed E-state index contributed by atoms with van der Waals surface area (Å²) in [5.74, 6) is 1.47. The van der Waals surface area contributed by atoms with E-state index in [9.17, 15) is 4.79 Å². The molecule has 0 spiro atoms. The van der Waals surface area contributed by atoms with Crippen molar-refractivity contribution in [3.05, 3.63) is 30.1 Å². The van der Waals surface area contributed by atoms with E-state index in [1.54, 1.807) is 31.3 Å². The van der Waals surface area contributed by atoms with Crippen LogP contribution in [0.2, 0.25) is 0 Å². The van der Waals surface area contributed by atoms with E-state index in [2.05, 4.69) is 20.8 Å². The quantitative estimate of drug-likeness (QED) is 0.885. The molecule has 2 amide bonds. The molecule has 0 aliphatic rings. The Labute approximate surface area is 123 Å². The lowest BCUT2D eigenvalue weighted by atomic mass is 10.3. The number of carbonyl (C=O) groups excluding carboxylic acids is 1. The monoisotopic (exact) mass is 289 g/mol. The highest BCUT2D eigenvalue weighted by atomic mass is 16.5. The lowest BCUT2D eigenvalue weighted by Crippen LogP contribution is -2.24. The van der Waals surface area contributed by atoms with E-state index >= 15 is 0 Å². The van der Waals surface area contributed by atoms with Crippen molar-refractivity contribution in [1.29, 1.82) is 0 Å². The first-order valence-corrected chi connectivity index (χ1v) is 6.86. The molecule has 1 aromatic carbocycles. The van der Waals surface area contributed by atoms with Crippen LogP contribution in [0.3, 0.4) is 0 Å². The first-order chi connectivity index (χ1) is 10.2. The predicted molar refractivity (Wildman–Crippen MR) is 79.7 cm³/mol. The van der Waals surface area contributed by atoms with E-state index in [4.69, 9.17) is 4.74 Å². The fourth-order valence-corrected chi connectivity index (χ4v) is 1.91. The zero-order chi connectivity index (χ0) is 15.2. The van der Waals surface area contributed by atoms with Gasteiger partial charge in [0.2, 0.25) is 0 Å². The molecule has 0 saturated heterocycles. The molecule has 0 radical (unpaired) electrons. The zero-order valence-electron chi connectivity index (χ0n) is 12.4. The number of amides is 2. The normalized spacial score (nSPS) is 10.2. The van der Waals surface area contributed by atoms with Crippen molar-refractivity contribution in [2.75, 3.05) is 12.4 Å². The smallest absolute Gasteiger partial charge is 0.322 e. The van der Waals surface area contributed by atoms with Gasteiger partial charge >= 0.3 is 12.0 Å². The third-order valence-electron chi connectivity index (χ3n) is 2.95. The van der Waals surface area contributed by atoms with Crippen molar-refractivity contribution in [1.82, 2.24) is 20.1 Å². The summed E-state index contributed by atoms with van der Waals surface area (Å²) in [5.41, 5.74) is 0.644. The standard InChI is InChI=1S/C14H19N5O2/c1-4-12-17-18-14(19(12)5-2)21-11-8-6-7-10(9-11)16-13(20)15-3/h6-9H,4-5H2,1-3H3,(H2,15,16,20). The maximum absolute atomic E-state index is 11.3. The van der Waals surface area contributed by atoms with Crippen LogP contribution in [0.4, 0.5) is 10.5 Å². The highest BCUT2D eigenvalue weighted by Crippen LogP contribution is 2.23. The van der Waals surface area contributed by atoms with Gasteiger partial charge < -0.3 is 15.4 Å². The van der Waals surface area contributed by atoms with Crippen LogP contribution in [-0.2, 0) is 13.0 Å². The van der Waals surface area contributed by atoms with Gasteiger partial charge in [0.05, 0.1) is 0 Å². The Hall–Kier alpha value is -2.57. The van der Waals surface area contributed by atoms with Crippen molar-refractivity contribution >= 4 is 11.7 Å². The van der Waals surface area contributed by atoms with Gasteiger partial charge in [0, 0.05) is 31.8 Å². The average Bonchev–Trinajstić information content (AvgIpc) is 2.89. The number of hydrogen-bond acceptors (Lipinski definition) is 4. The molecule has 7 nitrogen and oxygen atoms in total. The van der Waals surface area contributed by atoms with E-state index in [0.717, 1.165) is 18.8 Å². The van der Waals surface area contributed by atoms with Crippen molar-refractivity contribution in [3.63, 3.8) is 0 Å². The van der Waals surface area contributed by atoms with Gasteiger partial charge in [-0.2, -0.15) is 0 Å². The third-order valence-corrected chi connectivity index (χ3v) is 2.95. The molecule has 2 aromatic rings. The molecule has 0 aliphatic heterocycles. The number of ether oxygens (including phenoxy) is 1. The Bertz CT molecular complexity index is 624. The Morgan fingerprint density at radius 2 is 2.14 bits per heavy atom. The minimum absolute atomic E-state index is 0.280. The molecule has 112 valence electrons. The summed E-state index contributed by atoms with van der Waals surface area (Å²) in [6.07, 6.45) is 0.794. The van der Waals surface area contributed by atoms with Crippen molar-refractivity contribution in [2.24, 2.45) is 0 Å². The minimum atomic E-state index is -0.280. The summed E-state index contributed by atoms with van der Waals surface area (Å²) < 4.78 is 7.67. The van der Waals surface area contributed by atoms with Crippen LogP contribution in [0.25, 0.3) is 0 Å². The van der Waals surface area contributed by atoms with Gasteiger partial charge in [-0.15, -0.1) is 5.10 Å². The van der Waals surface area contributed by atoms with Crippen LogP contribution in [0.1, 0.15) is 19.7 Å². The molecule has 0 aliphatic carbocycles. The molecule has 0 bridgehead atoms. The number of nitrogens with one attached hydrogen (secondary N) is 2. The second kappa shape index (κ2) is 6.74. The number of carbonyl (C=O) groups is 1. The van der Waals surface area contributed by atoms with Crippen LogP contribution >= 0.6 is 0 Å². The molecule has 2 rings (SSSR count). The zero-order valence-corrected chi connectivity index (χ0v) is 12.4. The Morgan fingerprint density at radius 3 is 2.81 bits per heavy atom. The molecule has 7 heteroatoms. The van der Waals surface area contributed by atoms with Gasteiger partial charge in [-0.25, -0.2) is 4.79 Å². The SMILES string of the molecule is CCc1nnc(Oc2cccc(NC(=O)NC)c2)n1CC. The van der Waals surface area contributed by atoms with E-state index < -0.39 is 0 Å². The number of aromatic nitrogens is 3. The van der Waals surface area contributed by atoms with Crippen molar-refractivity contribution in [3.8, 4) is 11.8 Å². The molecular formula is C14H19N5O2. The Morgan fingerprint density at radius 1 is 1.33 bits per heavy atom. The van der Waals surface area contributed by atoms with Crippen LogP contribution in [0.15, 0.2) is 24.3 Å². The van der Waals surface area contributed by atoms with Crippen molar-refractivity contribution < 1.29 is 9.53 Å². The lowest BCUT2D eigenvalue weighted by molar-refractivity contribution is 0.254. The topological polar surface area (TPSA) is 81.1 Å². The predicted octanol–water partition coefficient (Wildman–Crippen LogP) is 2.40. The Kier molecular flexibility index (Phi) is 4.76. The number of urea groups is 1. The van der Waals surface area contributed by atoms with Crippen LogP contribution in [0, 0.1) is 0 Å². The summed E-state index contributed by atoms with van der Waals surface area (Å²) in [7, 11) is 1.56. The summed E-state index contributed by atoms with van der Waals surface area (Å²) in [6.45, 7) is 4.77. The fraction of sp³-hybridized carbons (Fsp3) is 0.357. The largest absolute Gasteiger partial charge is 0.424 e.